The van der Waals surface area contributed by atoms with Crippen LogP contribution in [0.15, 0.2) is 42.7 Å². The van der Waals surface area contributed by atoms with Crippen LogP contribution in [-0.4, -0.2) is 16.0 Å². The number of halogens is 4. The molecular formula is C19H17F4N3. The number of alkyl halides is 3. The first-order valence-electron chi connectivity index (χ1n) is 8.07. The van der Waals surface area contributed by atoms with Gasteiger partial charge in [-0.1, -0.05) is 17.7 Å². The van der Waals surface area contributed by atoms with Gasteiger partial charge in [-0.3, -0.25) is 0 Å². The minimum atomic E-state index is -4.40. The summed E-state index contributed by atoms with van der Waals surface area (Å²) >= 11 is 0. The van der Waals surface area contributed by atoms with E-state index in [1.807, 2.05) is 0 Å². The quantitative estimate of drug-likeness (QED) is 0.652. The molecule has 1 heterocycles. The number of nitrogens with zero attached hydrogens (tertiary/aromatic N) is 2. The number of nitrogens with one attached hydrogen (secondary N) is 1. The molecule has 3 rings (SSSR count). The molecule has 0 spiro atoms. The van der Waals surface area contributed by atoms with E-state index >= 15 is 0 Å². The van der Waals surface area contributed by atoms with Gasteiger partial charge in [0.1, 0.15) is 18.0 Å². The van der Waals surface area contributed by atoms with E-state index in [1.165, 1.54) is 24.5 Å². The molecule has 0 aliphatic carbocycles. The fraction of sp³-hybridized carbons (Fsp3) is 0.263. The maximum Gasteiger partial charge on any atom is 0.416 e. The molecule has 0 bridgehead atoms. The molecule has 0 saturated heterocycles. The fourth-order valence-electron chi connectivity index (χ4n) is 2.89. The number of rotatable bonds is 4. The summed E-state index contributed by atoms with van der Waals surface area (Å²) in [5.41, 5.74) is 0.583. The predicted molar refractivity (Wildman–Crippen MR) is 92.5 cm³/mol. The second kappa shape index (κ2) is 6.90. The zero-order valence-electron chi connectivity index (χ0n) is 14.2. The van der Waals surface area contributed by atoms with E-state index in [2.05, 4.69) is 15.3 Å². The molecule has 1 atom stereocenters. The lowest BCUT2D eigenvalue weighted by molar-refractivity contribution is -0.138. The highest BCUT2D eigenvalue weighted by Crippen LogP contribution is 2.33. The van der Waals surface area contributed by atoms with Crippen LogP contribution in [0.25, 0.3) is 10.9 Å². The van der Waals surface area contributed by atoms with E-state index in [1.54, 1.807) is 26.0 Å². The summed E-state index contributed by atoms with van der Waals surface area (Å²) in [5, 5.41) is 3.72. The van der Waals surface area contributed by atoms with Gasteiger partial charge in [0.25, 0.3) is 0 Å². The first kappa shape index (κ1) is 18.1. The van der Waals surface area contributed by atoms with Crippen LogP contribution >= 0.6 is 0 Å². The summed E-state index contributed by atoms with van der Waals surface area (Å²) in [6, 6.07) is 8.14. The Morgan fingerprint density at radius 2 is 1.85 bits per heavy atom. The maximum atomic E-state index is 13.3. The monoisotopic (exact) mass is 363 g/mol. The van der Waals surface area contributed by atoms with Crippen LogP contribution in [0.4, 0.5) is 23.4 Å². The smallest absolute Gasteiger partial charge is 0.367 e. The average Bonchev–Trinajstić information content (AvgIpc) is 2.55. The first-order chi connectivity index (χ1) is 12.2. The van der Waals surface area contributed by atoms with Crippen molar-refractivity contribution in [3.63, 3.8) is 0 Å². The minimum Gasteiger partial charge on any atom is -0.367 e. The molecule has 2 aromatic carbocycles. The zero-order valence-corrected chi connectivity index (χ0v) is 14.2. The molecule has 3 aromatic rings. The van der Waals surface area contributed by atoms with Crippen molar-refractivity contribution >= 4 is 16.7 Å². The lowest BCUT2D eigenvalue weighted by Crippen LogP contribution is -2.21. The van der Waals surface area contributed by atoms with E-state index in [4.69, 9.17) is 0 Å². The Kier molecular flexibility index (Phi) is 4.80. The van der Waals surface area contributed by atoms with Crippen LogP contribution in [-0.2, 0) is 12.6 Å². The summed E-state index contributed by atoms with van der Waals surface area (Å²) in [6.07, 6.45) is -2.94. The van der Waals surface area contributed by atoms with Crippen molar-refractivity contribution < 1.29 is 17.6 Å². The lowest BCUT2D eigenvalue weighted by atomic mass is 9.98. The van der Waals surface area contributed by atoms with Crippen molar-refractivity contribution in [3.8, 4) is 0 Å². The second-order valence-corrected chi connectivity index (χ2v) is 6.29. The molecular weight excluding hydrogens is 346 g/mol. The number of aryl methyl sites for hydroxylation is 1. The Morgan fingerprint density at radius 3 is 2.58 bits per heavy atom. The summed E-state index contributed by atoms with van der Waals surface area (Å²) in [4.78, 5) is 8.15. The van der Waals surface area contributed by atoms with E-state index in [0.717, 1.165) is 6.07 Å². The SMILES string of the molecule is Cc1ccc(CC(C)Nc2ncnc3cc(F)ccc23)c(C(F)(F)F)c1. The number of anilines is 1. The Morgan fingerprint density at radius 1 is 1.08 bits per heavy atom. The van der Waals surface area contributed by atoms with E-state index < -0.39 is 17.6 Å². The Bertz CT molecular complexity index is 938. The van der Waals surface area contributed by atoms with Gasteiger partial charge in [-0.25, -0.2) is 14.4 Å². The van der Waals surface area contributed by atoms with Crippen molar-refractivity contribution in [3.05, 3.63) is 65.2 Å². The Balaban J connectivity index is 1.86. The van der Waals surface area contributed by atoms with Crippen LogP contribution in [0.1, 0.15) is 23.6 Å². The van der Waals surface area contributed by atoms with Crippen LogP contribution in [0, 0.1) is 12.7 Å². The number of hydrogen-bond donors (Lipinski definition) is 1. The molecule has 0 radical (unpaired) electrons. The van der Waals surface area contributed by atoms with Crippen LogP contribution in [0.2, 0.25) is 0 Å². The predicted octanol–water partition coefficient (Wildman–Crippen LogP) is 5.14. The summed E-state index contributed by atoms with van der Waals surface area (Å²) in [6.45, 7) is 3.41. The van der Waals surface area contributed by atoms with Crippen LogP contribution < -0.4 is 5.32 Å². The maximum absolute atomic E-state index is 13.3. The van der Waals surface area contributed by atoms with Gasteiger partial charge < -0.3 is 5.32 Å². The van der Waals surface area contributed by atoms with E-state index in [-0.39, 0.29) is 18.0 Å². The highest BCUT2D eigenvalue weighted by Gasteiger charge is 2.33. The van der Waals surface area contributed by atoms with Crippen molar-refractivity contribution in [2.24, 2.45) is 0 Å². The third kappa shape index (κ3) is 3.92. The summed E-state index contributed by atoms with van der Waals surface area (Å²) < 4.78 is 53.1. The second-order valence-electron chi connectivity index (χ2n) is 6.29. The van der Waals surface area contributed by atoms with Gasteiger partial charge in [0, 0.05) is 17.5 Å². The van der Waals surface area contributed by atoms with Gasteiger partial charge in [0.2, 0.25) is 0 Å². The normalized spacial score (nSPS) is 13.0. The fourth-order valence-corrected chi connectivity index (χ4v) is 2.89. The van der Waals surface area contributed by atoms with Gasteiger partial charge in [-0.05, 0) is 44.0 Å². The van der Waals surface area contributed by atoms with Crippen molar-refractivity contribution in [1.82, 2.24) is 9.97 Å². The molecule has 1 aromatic heterocycles. The van der Waals surface area contributed by atoms with E-state index in [9.17, 15) is 17.6 Å². The lowest BCUT2D eigenvalue weighted by Gasteiger charge is -2.19. The Labute approximate surface area is 148 Å². The van der Waals surface area contributed by atoms with Crippen molar-refractivity contribution in [2.75, 3.05) is 5.32 Å². The molecule has 0 fully saturated rings. The van der Waals surface area contributed by atoms with Crippen LogP contribution in [0.5, 0.6) is 0 Å². The van der Waals surface area contributed by atoms with Crippen molar-refractivity contribution in [2.45, 2.75) is 32.5 Å². The number of hydrogen-bond acceptors (Lipinski definition) is 3. The Hall–Kier alpha value is -2.70. The highest BCUT2D eigenvalue weighted by atomic mass is 19.4. The molecule has 136 valence electrons. The molecule has 0 aliphatic heterocycles. The molecule has 1 unspecified atom stereocenters. The average molecular weight is 363 g/mol. The largest absolute Gasteiger partial charge is 0.416 e. The third-order valence-electron chi connectivity index (χ3n) is 4.08. The van der Waals surface area contributed by atoms with Crippen molar-refractivity contribution in [1.29, 1.82) is 0 Å². The number of aromatic nitrogens is 2. The summed E-state index contributed by atoms with van der Waals surface area (Å²) in [5.74, 6) is 0.0489. The first-order valence-corrected chi connectivity index (χ1v) is 8.07. The molecule has 3 nitrogen and oxygen atoms in total. The van der Waals surface area contributed by atoms with Crippen LogP contribution in [0.3, 0.4) is 0 Å². The highest BCUT2D eigenvalue weighted by molar-refractivity contribution is 5.88. The van der Waals surface area contributed by atoms with Gasteiger partial charge in [0.05, 0.1) is 11.1 Å². The topological polar surface area (TPSA) is 37.8 Å². The van der Waals surface area contributed by atoms with Gasteiger partial charge >= 0.3 is 6.18 Å². The van der Waals surface area contributed by atoms with Gasteiger partial charge in [-0.2, -0.15) is 13.2 Å². The number of benzene rings is 2. The molecule has 0 amide bonds. The molecule has 7 heteroatoms. The third-order valence-corrected chi connectivity index (χ3v) is 4.08. The molecule has 0 saturated carbocycles. The standard InChI is InChI=1S/C19H17F4N3/c1-11-3-4-13(16(7-11)19(21,22)23)8-12(2)26-18-15-6-5-14(20)9-17(15)24-10-25-18/h3-7,9-10,12H,8H2,1-2H3,(H,24,25,26). The van der Waals surface area contributed by atoms with Gasteiger partial charge in [-0.15, -0.1) is 0 Å². The summed E-state index contributed by atoms with van der Waals surface area (Å²) in [7, 11) is 0. The number of fused-ring (bicyclic) bond motifs is 1. The van der Waals surface area contributed by atoms with Gasteiger partial charge in [0.15, 0.2) is 0 Å². The molecule has 26 heavy (non-hydrogen) atoms. The molecule has 1 N–H and O–H groups in total. The molecule has 0 aliphatic rings. The minimum absolute atomic E-state index is 0.168. The zero-order chi connectivity index (χ0) is 18.9. The van der Waals surface area contributed by atoms with E-state index in [0.29, 0.717) is 22.3 Å².